The van der Waals surface area contributed by atoms with Crippen LogP contribution in [0.2, 0.25) is 0 Å². The quantitative estimate of drug-likeness (QED) is 0.589. The van der Waals surface area contributed by atoms with Gasteiger partial charge in [-0.05, 0) is 6.07 Å². The zero-order chi connectivity index (χ0) is 9.19. The van der Waals surface area contributed by atoms with Crippen LogP contribution in [0.3, 0.4) is 0 Å². The summed E-state index contributed by atoms with van der Waals surface area (Å²) in [6.07, 6.45) is 0. The monoisotopic (exact) mass is 242 g/mol. The van der Waals surface area contributed by atoms with Gasteiger partial charge >= 0.3 is 0 Å². The first-order chi connectivity index (χ1) is 5.49. The van der Waals surface area contributed by atoms with Crippen LogP contribution in [0.1, 0.15) is 5.56 Å². The van der Waals surface area contributed by atoms with Gasteiger partial charge in [-0.3, -0.25) is 4.55 Å². The van der Waals surface area contributed by atoms with E-state index in [4.69, 9.17) is 9.66 Å². The summed E-state index contributed by atoms with van der Waals surface area (Å²) in [6, 6.07) is 5.95. The second-order valence-corrected chi connectivity index (χ2v) is 3.81. The second-order valence-electron chi connectivity index (χ2n) is 2.35. The van der Waals surface area contributed by atoms with Crippen LogP contribution >= 0.6 is 0 Å². The Kier molecular flexibility index (Phi) is 9.24. The average molecular weight is 242 g/mol. The van der Waals surface area contributed by atoms with E-state index in [1.165, 1.54) is 12.1 Å². The molecule has 0 saturated carbocycles. The smallest absolute Gasteiger partial charge is 0.269 e. The summed E-state index contributed by atoms with van der Waals surface area (Å²) in [7, 11) is -4.06. The number of hydrogen-bond donors (Lipinski definition) is 2. The molecule has 0 aliphatic heterocycles. The summed E-state index contributed by atoms with van der Waals surface area (Å²) in [5.74, 6) is -0.685. The van der Waals surface area contributed by atoms with Gasteiger partial charge in [0.25, 0.3) is 10.1 Å². The first kappa shape index (κ1) is 19.4. The van der Waals surface area contributed by atoms with Gasteiger partial charge in [-0.1, -0.05) is 18.2 Å². The number of phenolic OH excluding ortho intramolecular Hbond substituents is 1. The molecule has 0 saturated heterocycles. The molecule has 1 aromatic rings. The van der Waals surface area contributed by atoms with Crippen molar-refractivity contribution in [2.45, 2.75) is 5.75 Å². The molecule has 90 valence electrons. The van der Waals surface area contributed by atoms with E-state index in [2.05, 4.69) is 0 Å². The highest BCUT2D eigenvalue weighted by molar-refractivity contribution is 7.85. The van der Waals surface area contributed by atoms with Crippen LogP contribution in [-0.4, -0.2) is 34.5 Å². The third-order valence-corrected chi connectivity index (χ3v) is 2.01. The van der Waals surface area contributed by atoms with Crippen molar-refractivity contribution < 1.29 is 34.5 Å². The predicted octanol–water partition coefficient (Wildman–Crippen LogP) is -1.69. The summed E-state index contributed by atoms with van der Waals surface area (Å²) in [4.78, 5) is 0. The van der Waals surface area contributed by atoms with Crippen molar-refractivity contribution >= 4 is 10.1 Å². The lowest BCUT2D eigenvalue weighted by molar-refractivity contribution is 0.462. The third-order valence-electron chi connectivity index (χ3n) is 1.33. The van der Waals surface area contributed by atoms with Gasteiger partial charge in [-0.2, -0.15) is 8.42 Å². The number of para-hydroxylation sites is 1. The fourth-order valence-electron chi connectivity index (χ4n) is 0.829. The average Bonchev–Trinajstić information content (AvgIpc) is 1.91. The molecule has 15 heavy (non-hydrogen) atoms. The fraction of sp³-hybridized carbons (Fsp3) is 0.143. The minimum absolute atomic E-state index is 0. The SMILES string of the molecule is O.O.O.O=S(=O)(O)Cc1ccccc1O. The number of rotatable bonds is 2. The van der Waals surface area contributed by atoms with E-state index in [0.29, 0.717) is 0 Å². The Morgan fingerprint density at radius 2 is 1.53 bits per heavy atom. The maximum absolute atomic E-state index is 10.4. The lowest BCUT2D eigenvalue weighted by Crippen LogP contribution is -2.01. The zero-order valence-electron chi connectivity index (χ0n) is 7.64. The largest absolute Gasteiger partial charge is 0.508 e. The van der Waals surface area contributed by atoms with Gasteiger partial charge < -0.3 is 21.5 Å². The Morgan fingerprint density at radius 1 is 1.07 bits per heavy atom. The Labute approximate surface area is 86.7 Å². The first-order valence-electron chi connectivity index (χ1n) is 3.21. The molecule has 8 heteroatoms. The van der Waals surface area contributed by atoms with E-state index in [1.54, 1.807) is 12.1 Å². The minimum Gasteiger partial charge on any atom is -0.508 e. The molecule has 0 spiro atoms. The van der Waals surface area contributed by atoms with Gasteiger partial charge in [-0.15, -0.1) is 0 Å². The van der Waals surface area contributed by atoms with E-state index in [1.807, 2.05) is 0 Å². The maximum atomic E-state index is 10.4. The molecule has 0 atom stereocenters. The topological polar surface area (TPSA) is 169 Å². The Hall–Kier alpha value is -1.19. The molecule has 0 aliphatic rings. The highest BCUT2D eigenvalue weighted by Crippen LogP contribution is 2.17. The van der Waals surface area contributed by atoms with Crippen molar-refractivity contribution in [3.8, 4) is 5.75 Å². The Bertz CT molecular complexity index is 373. The van der Waals surface area contributed by atoms with Crippen molar-refractivity contribution in [3.63, 3.8) is 0 Å². The first-order valence-corrected chi connectivity index (χ1v) is 4.82. The standard InChI is InChI=1S/C7H8O4S.3H2O/c8-7-4-2-1-3-6(7)5-12(9,10)11;;;/h1-4,8H,5H2,(H,9,10,11);3*1H2. The van der Waals surface area contributed by atoms with E-state index >= 15 is 0 Å². The number of aromatic hydroxyl groups is 1. The van der Waals surface area contributed by atoms with Gasteiger partial charge in [0.05, 0.1) is 0 Å². The highest BCUT2D eigenvalue weighted by Gasteiger charge is 2.09. The normalized spacial score (nSPS) is 9.13. The third kappa shape index (κ3) is 6.82. The molecule has 0 aliphatic carbocycles. The van der Waals surface area contributed by atoms with Crippen molar-refractivity contribution in [3.05, 3.63) is 29.8 Å². The van der Waals surface area contributed by atoms with Gasteiger partial charge in [0.1, 0.15) is 11.5 Å². The molecule has 0 fully saturated rings. The van der Waals surface area contributed by atoms with Gasteiger partial charge in [0.2, 0.25) is 0 Å². The minimum atomic E-state index is -4.06. The molecule has 0 radical (unpaired) electrons. The molecule has 0 aromatic heterocycles. The van der Waals surface area contributed by atoms with Crippen molar-refractivity contribution in [1.82, 2.24) is 0 Å². The second kappa shape index (κ2) is 7.15. The maximum Gasteiger partial charge on any atom is 0.269 e. The molecule has 1 aromatic carbocycles. The summed E-state index contributed by atoms with van der Waals surface area (Å²) in [5, 5.41) is 9.10. The Morgan fingerprint density at radius 3 is 1.93 bits per heavy atom. The van der Waals surface area contributed by atoms with Crippen LogP contribution in [0.15, 0.2) is 24.3 Å². The predicted molar refractivity (Wildman–Crippen MR) is 54.2 cm³/mol. The van der Waals surface area contributed by atoms with E-state index in [0.717, 1.165) is 0 Å². The van der Waals surface area contributed by atoms with Crippen LogP contribution < -0.4 is 0 Å². The lowest BCUT2D eigenvalue weighted by atomic mass is 10.2. The number of hydrogen-bond acceptors (Lipinski definition) is 3. The van der Waals surface area contributed by atoms with Crippen molar-refractivity contribution in [2.24, 2.45) is 0 Å². The number of phenols is 1. The molecule has 0 bridgehead atoms. The molecular weight excluding hydrogens is 228 g/mol. The summed E-state index contributed by atoms with van der Waals surface area (Å²) < 4.78 is 29.3. The molecule has 8 N–H and O–H groups in total. The molecule has 0 amide bonds. The fourth-order valence-corrected chi connectivity index (χ4v) is 1.47. The molecule has 1 rings (SSSR count). The van der Waals surface area contributed by atoms with Crippen LogP contribution in [0.4, 0.5) is 0 Å². The van der Waals surface area contributed by atoms with E-state index < -0.39 is 15.9 Å². The Balaban J connectivity index is -0.000000480. The van der Waals surface area contributed by atoms with Crippen LogP contribution in [0.25, 0.3) is 0 Å². The van der Waals surface area contributed by atoms with Gasteiger partial charge in [0, 0.05) is 5.56 Å². The molecular formula is C7H14O7S. The summed E-state index contributed by atoms with van der Waals surface area (Å²) >= 11 is 0. The van der Waals surface area contributed by atoms with Crippen LogP contribution in [0, 0.1) is 0 Å². The van der Waals surface area contributed by atoms with Gasteiger partial charge in [-0.25, -0.2) is 0 Å². The lowest BCUT2D eigenvalue weighted by Gasteiger charge is -2.00. The van der Waals surface area contributed by atoms with Gasteiger partial charge in [0.15, 0.2) is 0 Å². The molecule has 0 heterocycles. The van der Waals surface area contributed by atoms with E-state index in [-0.39, 0.29) is 27.7 Å². The highest BCUT2D eigenvalue weighted by atomic mass is 32.2. The van der Waals surface area contributed by atoms with E-state index in [9.17, 15) is 8.42 Å². The molecule has 7 nitrogen and oxygen atoms in total. The van der Waals surface area contributed by atoms with Crippen LogP contribution in [0.5, 0.6) is 5.75 Å². The number of benzene rings is 1. The molecule has 0 unspecified atom stereocenters. The summed E-state index contributed by atoms with van der Waals surface area (Å²) in [5.41, 5.74) is 0.194. The van der Waals surface area contributed by atoms with Crippen molar-refractivity contribution in [2.75, 3.05) is 0 Å². The van der Waals surface area contributed by atoms with Crippen LogP contribution in [-0.2, 0) is 15.9 Å². The zero-order valence-corrected chi connectivity index (χ0v) is 8.45. The van der Waals surface area contributed by atoms with Crippen molar-refractivity contribution in [1.29, 1.82) is 0 Å². The summed E-state index contributed by atoms with van der Waals surface area (Å²) in [6.45, 7) is 0.